The van der Waals surface area contributed by atoms with Crippen LogP contribution in [0, 0.1) is 0 Å². The second-order valence-electron chi connectivity index (χ2n) is 5.40. The van der Waals surface area contributed by atoms with Gasteiger partial charge in [-0.3, -0.25) is 0 Å². The molecular formula is C17H16F3N3S. The smallest absolute Gasteiger partial charge is 0.312 e. The molecule has 0 saturated heterocycles. The molecule has 0 aliphatic rings. The van der Waals surface area contributed by atoms with Crippen LogP contribution in [0.5, 0.6) is 0 Å². The van der Waals surface area contributed by atoms with Crippen LogP contribution in [0.2, 0.25) is 0 Å². The molecule has 3 rings (SSSR count). The number of alkyl halides is 3. The largest absolute Gasteiger partial charge is 0.417 e. The molecule has 0 atom stereocenters. The van der Waals surface area contributed by atoms with Crippen LogP contribution in [-0.2, 0) is 13.2 Å². The van der Waals surface area contributed by atoms with Gasteiger partial charge in [-0.15, -0.1) is 11.8 Å². The summed E-state index contributed by atoms with van der Waals surface area (Å²) >= 11 is 1.71. The average Bonchev–Trinajstić information content (AvgIpc) is 2.89. The van der Waals surface area contributed by atoms with Gasteiger partial charge in [0.2, 0.25) is 0 Å². The van der Waals surface area contributed by atoms with Crippen LogP contribution in [0.15, 0.2) is 41.4 Å². The van der Waals surface area contributed by atoms with Gasteiger partial charge in [-0.1, -0.05) is 25.1 Å². The molecule has 2 heterocycles. The van der Waals surface area contributed by atoms with Crippen LogP contribution < -0.4 is 0 Å². The minimum atomic E-state index is -4.42. The molecule has 3 nitrogen and oxygen atoms in total. The minimum Gasteiger partial charge on any atom is -0.312 e. The van der Waals surface area contributed by atoms with Crippen molar-refractivity contribution in [3.63, 3.8) is 0 Å². The summed E-state index contributed by atoms with van der Waals surface area (Å²) in [7, 11) is 1.77. The fourth-order valence-corrected chi connectivity index (χ4v) is 3.37. The van der Waals surface area contributed by atoms with Gasteiger partial charge in [0, 0.05) is 23.7 Å². The van der Waals surface area contributed by atoms with Crippen molar-refractivity contribution in [2.75, 3.05) is 5.75 Å². The first-order valence-electron chi connectivity index (χ1n) is 7.53. The number of aromatic nitrogens is 3. The highest BCUT2D eigenvalue weighted by atomic mass is 32.2. The van der Waals surface area contributed by atoms with Gasteiger partial charge in [0.25, 0.3) is 0 Å². The van der Waals surface area contributed by atoms with E-state index in [1.54, 1.807) is 23.4 Å². The third kappa shape index (κ3) is 3.13. The van der Waals surface area contributed by atoms with Crippen molar-refractivity contribution >= 4 is 22.9 Å². The first kappa shape index (κ1) is 16.8. The van der Waals surface area contributed by atoms with Crippen LogP contribution in [0.4, 0.5) is 13.2 Å². The second-order valence-corrected chi connectivity index (χ2v) is 6.54. The number of thioether (sulfide) groups is 1. The van der Waals surface area contributed by atoms with Gasteiger partial charge >= 0.3 is 6.18 Å². The van der Waals surface area contributed by atoms with Gasteiger partial charge < -0.3 is 4.57 Å². The Morgan fingerprint density at radius 2 is 1.96 bits per heavy atom. The number of pyridine rings is 1. The zero-order valence-corrected chi connectivity index (χ0v) is 14.1. The molecule has 0 amide bonds. The quantitative estimate of drug-likeness (QED) is 0.609. The number of halogens is 3. The van der Waals surface area contributed by atoms with E-state index in [0.29, 0.717) is 11.5 Å². The van der Waals surface area contributed by atoms with E-state index in [2.05, 4.69) is 16.9 Å². The number of nitrogens with zero attached hydrogens (tertiary/aromatic N) is 3. The monoisotopic (exact) mass is 351 g/mol. The Kier molecular flexibility index (Phi) is 4.54. The van der Waals surface area contributed by atoms with Gasteiger partial charge in [-0.25, -0.2) is 9.97 Å². The lowest BCUT2D eigenvalue weighted by molar-refractivity contribution is -0.137. The van der Waals surface area contributed by atoms with E-state index in [-0.39, 0.29) is 5.52 Å². The molecule has 3 aromatic rings. The molecule has 0 spiro atoms. The van der Waals surface area contributed by atoms with Crippen molar-refractivity contribution in [2.24, 2.45) is 7.05 Å². The average molecular weight is 351 g/mol. The summed E-state index contributed by atoms with van der Waals surface area (Å²) in [6.45, 7) is 2.10. The van der Waals surface area contributed by atoms with Crippen molar-refractivity contribution in [3.05, 3.63) is 42.1 Å². The number of hydrogen-bond acceptors (Lipinski definition) is 3. The zero-order valence-electron chi connectivity index (χ0n) is 13.3. The number of benzene rings is 1. The van der Waals surface area contributed by atoms with Gasteiger partial charge in [-0.2, -0.15) is 13.2 Å². The molecule has 7 heteroatoms. The van der Waals surface area contributed by atoms with Crippen molar-refractivity contribution in [1.82, 2.24) is 14.5 Å². The van der Waals surface area contributed by atoms with E-state index in [4.69, 9.17) is 0 Å². The number of fused-ring (bicyclic) bond motifs is 1. The molecule has 0 bridgehead atoms. The van der Waals surface area contributed by atoms with Crippen molar-refractivity contribution in [3.8, 4) is 11.4 Å². The first-order chi connectivity index (χ1) is 11.4. The Hall–Kier alpha value is -2.02. The summed E-state index contributed by atoms with van der Waals surface area (Å²) in [5.74, 6) is 1.59. The summed E-state index contributed by atoms with van der Waals surface area (Å²) in [6.07, 6.45) is -2.53. The standard InChI is InChI=1S/C17H16F3N3S/c1-3-8-24-14-7-5-4-6-12(14)15-22-13-9-11(17(18,19)20)10-21-16(13)23(15)2/h4-7,9-10H,3,8H2,1-2H3. The van der Waals surface area contributed by atoms with Crippen LogP contribution >= 0.6 is 11.8 Å². The van der Waals surface area contributed by atoms with E-state index in [1.165, 1.54) is 0 Å². The highest BCUT2D eigenvalue weighted by molar-refractivity contribution is 7.99. The van der Waals surface area contributed by atoms with Gasteiger partial charge in [-0.05, 0) is 24.3 Å². The van der Waals surface area contributed by atoms with Crippen LogP contribution in [0.25, 0.3) is 22.6 Å². The Balaban J connectivity index is 2.12. The molecule has 126 valence electrons. The minimum absolute atomic E-state index is 0.248. The fraction of sp³-hybridized carbons (Fsp3) is 0.294. The molecule has 2 aromatic heterocycles. The van der Waals surface area contributed by atoms with Crippen molar-refractivity contribution in [1.29, 1.82) is 0 Å². The lowest BCUT2D eigenvalue weighted by Crippen LogP contribution is -2.05. The summed E-state index contributed by atoms with van der Waals surface area (Å²) < 4.78 is 40.4. The van der Waals surface area contributed by atoms with E-state index in [1.807, 2.05) is 24.3 Å². The lowest BCUT2D eigenvalue weighted by Gasteiger charge is -2.08. The topological polar surface area (TPSA) is 30.7 Å². The Morgan fingerprint density at radius 3 is 2.67 bits per heavy atom. The number of aryl methyl sites for hydroxylation is 1. The van der Waals surface area contributed by atoms with Crippen molar-refractivity contribution < 1.29 is 13.2 Å². The highest BCUT2D eigenvalue weighted by Gasteiger charge is 2.31. The molecule has 0 fully saturated rings. The maximum Gasteiger partial charge on any atom is 0.417 e. The molecule has 0 N–H and O–H groups in total. The number of hydrogen-bond donors (Lipinski definition) is 0. The summed E-state index contributed by atoms with van der Waals surface area (Å²) in [5.41, 5.74) is 0.809. The molecule has 0 aliphatic carbocycles. The third-order valence-electron chi connectivity index (χ3n) is 3.63. The molecule has 0 aliphatic heterocycles. The van der Waals surface area contributed by atoms with Gasteiger partial charge in [0.15, 0.2) is 5.65 Å². The fourth-order valence-electron chi connectivity index (χ4n) is 2.46. The van der Waals surface area contributed by atoms with Crippen molar-refractivity contribution in [2.45, 2.75) is 24.4 Å². The maximum atomic E-state index is 12.9. The summed E-state index contributed by atoms with van der Waals surface area (Å²) in [6, 6.07) is 8.84. The Labute approximate surface area is 141 Å². The van der Waals surface area contributed by atoms with E-state index < -0.39 is 11.7 Å². The second kappa shape index (κ2) is 6.47. The number of rotatable bonds is 4. The van der Waals surface area contributed by atoms with Crippen LogP contribution in [0.3, 0.4) is 0 Å². The summed E-state index contributed by atoms with van der Waals surface area (Å²) in [5, 5.41) is 0. The maximum absolute atomic E-state index is 12.9. The Bertz CT molecular complexity index is 871. The van der Waals surface area contributed by atoms with Gasteiger partial charge in [0.05, 0.1) is 5.56 Å². The predicted molar refractivity (Wildman–Crippen MR) is 90.0 cm³/mol. The van der Waals surface area contributed by atoms with Crippen LogP contribution in [0.1, 0.15) is 18.9 Å². The summed E-state index contributed by atoms with van der Waals surface area (Å²) in [4.78, 5) is 9.44. The molecule has 24 heavy (non-hydrogen) atoms. The molecule has 0 radical (unpaired) electrons. The predicted octanol–water partition coefficient (Wildman–Crippen LogP) is 5.16. The normalized spacial score (nSPS) is 12.0. The molecule has 0 saturated carbocycles. The Morgan fingerprint density at radius 1 is 1.21 bits per heavy atom. The van der Waals surface area contributed by atoms with E-state index >= 15 is 0 Å². The molecule has 1 aromatic carbocycles. The highest BCUT2D eigenvalue weighted by Crippen LogP contribution is 2.34. The van der Waals surface area contributed by atoms with Gasteiger partial charge in [0.1, 0.15) is 11.3 Å². The first-order valence-corrected chi connectivity index (χ1v) is 8.52. The third-order valence-corrected chi connectivity index (χ3v) is 4.91. The van der Waals surface area contributed by atoms with E-state index in [0.717, 1.165) is 34.9 Å². The van der Waals surface area contributed by atoms with E-state index in [9.17, 15) is 13.2 Å². The number of imidazole rings is 1. The molecular weight excluding hydrogens is 335 g/mol. The lowest BCUT2D eigenvalue weighted by atomic mass is 10.2. The zero-order chi connectivity index (χ0) is 17.3. The SMILES string of the molecule is CCCSc1ccccc1-c1nc2cc(C(F)(F)F)cnc2n1C. The van der Waals surface area contributed by atoms with Crippen LogP contribution in [-0.4, -0.2) is 20.3 Å². The molecule has 0 unspecified atom stereocenters.